The summed E-state index contributed by atoms with van der Waals surface area (Å²) in [5.74, 6) is -0.210. The monoisotopic (exact) mass is 409 g/mol. The zero-order valence-electron chi connectivity index (χ0n) is 16.4. The lowest BCUT2D eigenvalue weighted by Crippen LogP contribution is -2.22. The van der Waals surface area contributed by atoms with Crippen molar-refractivity contribution in [3.63, 3.8) is 0 Å². The first-order chi connectivity index (χ1) is 14.5. The lowest BCUT2D eigenvalue weighted by atomic mass is 10.1. The van der Waals surface area contributed by atoms with Gasteiger partial charge < -0.3 is 14.6 Å². The summed E-state index contributed by atoms with van der Waals surface area (Å²) in [4.78, 5) is 34.0. The Bertz CT molecular complexity index is 1130. The van der Waals surface area contributed by atoms with Crippen LogP contribution in [0.3, 0.4) is 0 Å². The van der Waals surface area contributed by atoms with Crippen LogP contribution in [0.5, 0.6) is 11.6 Å². The molecular weight excluding hydrogens is 390 g/mol. The van der Waals surface area contributed by atoms with Crippen LogP contribution in [0.25, 0.3) is 11.3 Å². The molecule has 0 aliphatic carbocycles. The van der Waals surface area contributed by atoms with Gasteiger partial charge >= 0.3 is 5.97 Å². The number of amides is 1. The molecule has 0 unspecified atom stereocenters. The highest BCUT2D eigenvalue weighted by Gasteiger charge is 2.31. The number of pyridine rings is 2. The van der Waals surface area contributed by atoms with Crippen LogP contribution >= 0.6 is 0 Å². The van der Waals surface area contributed by atoms with Crippen molar-refractivity contribution in [2.24, 2.45) is 0 Å². The molecule has 1 aliphatic rings. The van der Waals surface area contributed by atoms with E-state index in [0.717, 1.165) is 5.56 Å². The summed E-state index contributed by atoms with van der Waals surface area (Å²) >= 11 is 0. The smallest absolute Gasteiger partial charge is 0.305 e. The number of hydrogen-bond acceptors (Lipinski definition) is 7. The largest absolute Gasteiger partial charge is 0.491 e. The molecule has 0 radical (unpaired) electrons. The minimum Gasteiger partial charge on any atom is -0.491 e. The summed E-state index contributed by atoms with van der Waals surface area (Å²) in [6.45, 7) is 0.534. The number of aryl methyl sites for hydroxylation is 1. The van der Waals surface area contributed by atoms with Crippen molar-refractivity contribution >= 4 is 17.6 Å². The summed E-state index contributed by atoms with van der Waals surface area (Å²) in [5, 5.41) is 12.9. The van der Waals surface area contributed by atoms with Crippen molar-refractivity contribution < 1.29 is 24.2 Å². The van der Waals surface area contributed by atoms with E-state index in [0.29, 0.717) is 40.8 Å². The minimum absolute atomic E-state index is 0.0421. The summed E-state index contributed by atoms with van der Waals surface area (Å²) in [7, 11) is 3.05. The zero-order chi connectivity index (χ0) is 21.3. The summed E-state index contributed by atoms with van der Waals surface area (Å²) in [6.07, 6.45) is 4.80. The van der Waals surface area contributed by atoms with E-state index in [2.05, 4.69) is 15.1 Å². The van der Waals surface area contributed by atoms with E-state index >= 15 is 0 Å². The average molecular weight is 409 g/mol. The topological polar surface area (TPSA) is 120 Å². The molecular formula is C20H19N5O5. The molecule has 1 amide bonds. The molecule has 154 valence electrons. The van der Waals surface area contributed by atoms with Crippen LogP contribution in [0.15, 0.2) is 36.8 Å². The molecule has 0 fully saturated rings. The Morgan fingerprint density at radius 1 is 1.23 bits per heavy atom. The number of aromatic nitrogens is 4. The predicted molar refractivity (Wildman–Crippen MR) is 106 cm³/mol. The number of aliphatic carboxylic acids is 1. The average Bonchev–Trinajstić information content (AvgIpc) is 3.35. The number of carbonyl (C=O) groups is 2. The van der Waals surface area contributed by atoms with Crippen LogP contribution in [0.2, 0.25) is 0 Å². The quantitative estimate of drug-likeness (QED) is 0.629. The van der Waals surface area contributed by atoms with Gasteiger partial charge in [-0.2, -0.15) is 5.10 Å². The van der Waals surface area contributed by atoms with E-state index in [1.165, 1.54) is 18.9 Å². The van der Waals surface area contributed by atoms with Gasteiger partial charge in [-0.15, -0.1) is 0 Å². The van der Waals surface area contributed by atoms with E-state index in [1.807, 2.05) is 0 Å². The van der Waals surface area contributed by atoms with Crippen molar-refractivity contribution in [2.75, 3.05) is 19.1 Å². The highest BCUT2D eigenvalue weighted by Crippen LogP contribution is 2.32. The van der Waals surface area contributed by atoms with Crippen LogP contribution < -0.4 is 14.4 Å². The van der Waals surface area contributed by atoms with E-state index < -0.39 is 5.97 Å². The molecule has 0 saturated heterocycles. The van der Waals surface area contributed by atoms with E-state index in [4.69, 9.17) is 14.6 Å². The molecule has 30 heavy (non-hydrogen) atoms. The van der Waals surface area contributed by atoms with Gasteiger partial charge in [0.15, 0.2) is 5.75 Å². The third-order valence-corrected chi connectivity index (χ3v) is 4.77. The number of carboxylic acid groups (broad SMARTS) is 1. The van der Waals surface area contributed by atoms with Crippen molar-refractivity contribution in [1.82, 2.24) is 19.7 Å². The molecule has 4 heterocycles. The van der Waals surface area contributed by atoms with Gasteiger partial charge in [-0.05, 0) is 18.2 Å². The molecule has 4 rings (SSSR count). The maximum Gasteiger partial charge on any atom is 0.305 e. The number of ether oxygens (including phenoxy) is 2. The van der Waals surface area contributed by atoms with Gasteiger partial charge in [0, 0.05) is 18.0 Å². The van der Waals surface area contributed by atoms with Crippen molar-refractivity contribution in [3.8, 4) is 22.9 Å². The highest BCUT2D eigenvalue weighted by molar-refractivity contribution is 6.09. The maximum atomic E-state index is 12.8. The molecule has 1 aliphatic heterocycles. The zero-order valence-corrected chi connectivity index (χ0v) is 16.4. The SMILES string of the molecule is COc1cc(-c2ccc3c(n2)CN(c2cnn(CCC(=O)O)c2)C3=O)cnc1OC. The second-order valence-corrected chi connectivity index (χ2v) is 6.62. The lowest BCUT2D eigenvalue weighted by molar-refractivity contribution is -0.137. The highest BCUT2D eigenvalue weighted by atomic mass is 16.5. The predicted octanol–water partition coefficient (Wildman–Crippen LogP) is 1.99. The van der Waals surface area contributed by atoms with E-state index in [1.54, 1.807) is 41.7 Å². The molecule has 0 aromatic carbocycles. The Morgan fingerprint density at radius 2 is 2.07 bits per heavy atom. The minimum atomic E-state index is -0.905. The number of fused-ring (bicyclic) bond motifs is 1. The molecule has 1 N–H and O–H groups in total. The maximum absolute atomic E-state index is 12.8. The number of carbonyl (C=O) groups excluding carboxylic acids is 1. The first kappa shape index (κ1) is 19.4. The first-order valence-corrected chi connectivity index (χ1v) is 9.14. The first-order valence-electron chi connectivity index (χ1n) is 9.14. The number of anilines is 1. The molecule has 0 atom stereocenters. The van der Waals surface area contributed by atoms with Crippen LogP contribution in [-0.2, 0) is 17.9 Å². The fourth-order valence-corrected chi connectivity index (χ4v) is 3.25. The summed E-state index contributed by atoms with van der Waals surface area (Å²) in [6, 6.07) is 5.28. The number of rotatable bonds is 7. The van der Waals surface area contributed by atoms with Gasteiger partial charge in [0.25, 0.3) is 11.8 Å². The molecule has 0 bridgehead atoms. The van der Waals surface area contributed by atoms with Gasteiger partial charge in [-0.3, -0.25) is 24.2 Å². The standard InChI is InChI=1S/C20H19N5O5/c1-29-17-7-12(8-21-19(17)30-2)15-4-3-14-16(23-15)11-25(20(14)28)13-9-22-24(10-13)6-5-18(26)27/h3-4,7-10H,5-6,11H2,1-2H3,(H,26,27). The second-order valence-electron chi connectivity index (χ2n) is 6.62. The molecule has 3 aromatic rings. The Balaban J connectivity index is 1.58. The number of nitrogens with zero attached hydrogens (tertiary/aromatic N) is 5. The van der Waals surface area contributed by atoms with Crippen LogP contribution in [0.4, 0.5) is 5.69 Å². The fourth-order valence-electron chi connectivity index (χ4n) is 3.25. The third kappa shape index (κ3) is 3.54. The molecule has 10 heteroatoms. The normalized spacial score (nSPS) is 12.7. The van der Waals surface area contributed by atoms with E-state index in [9.17, 15) is 9.59 Å². The third-order valence-electron chi connectivity index (χ3n) is 4.77. The molecule has 3 aromatic heterocycles. The Hall–Kier alpha value is -3.95. The molecule has 0 spiro atoms. The van der Waals surface area contributed by atoms with Gasteiger partial charge in [0.2, 0.25) is 0 Å². The van der Waals surface area contributed by atoms with Crippen molar-refractivity contribution in [1.29, 1.82) is 0 Å². The number of carboxylic acids is 1. The van der Waals surface area contributed by atoms with Gasteiger partial charge in [0.05, 0.1) is 62.6 Å². The Kier molecular flexibility index (Phi) is 5.05. The van der Waals surface area contributed by atoms with Crippen LogP contribution in [-0.4, -0.2) is 51.0 Å². The molecule has 10 nitrogen and oxygen atoms in total. The van der Waals surface area contributed by atoms with Crippen LogP contribution in [0, 0.1) is 0 Å². The fraction of sp³-hybridized carbons (Fsp3) is 0.250. The van der Waals surface area contributed by atoms with Gasteiger partial charge in [-0.1, -0.05) is 0 Å². The second kappa shape index (κ2) is 7.82. The Morgan fingerprint density at radius 3 is 2.80 bits per heavy atom. The number of hydrogen-bond donors (Lipinski definition) is 1. The van der Waals surface area contributed by atoms with Crippen LogP contribution in [0.1, 0.15) is 22.5 Å². The Labute approximate surface area is 171 Å². The van der Waals surface area contributed by atoms with Crippen molar-refractivity contribution in [2.45, 2.75) is 19.5 Å². The molecule has 0 saturated carbocycles. The van der Waals surface area contributed by atoms with E-state index in [-0.39, 0.29) is 18.9 Å². The summed E-state index contributed by atoms with van der Waals surface area (Å²) in [5.41, 5.74) is 3.16. The lowest BCUT2D eigenvalue weighted by Gasteiger charge is -2.11. The summed E-state index contributed by atoms with van der Waals surface area (Å²) < 4.78 is 12.0. The number of methoxy groups -OCH3 is 2. The van der Waals surface area contributed by atoms with Gasteiger partial charge in [-0.25, -0.2) is 4.98 Å². The van der Waals surface area contributed by atoms with Crippen molar-refractivity contribution in [3.05, 3.63) is 48.0 Å². The van der Waals surface area contributed by atoms with Gasteiger partial charge in [0.1, 0.15) is 0 Å².